The molecule has 1 unspecified atom stereocenters. The lowest BCUT2D eigenvalue weighted by Crippen LogP contribution is -2.32. The first-order valence-electron chi connectivity index (χ1n) is 5.78. The molecular formula is C13H17NO5. The number of esters is 1. The number of ether oxygens (including phenoxy) is 3. The molecule has 0 aliphatic heterocycles. The lowest BCUT2D eigenvalue weighted by molar-refractivity contribution is -0.168. The zero-order valence-electron chi connectivity index (χ0n) is 10.9. The van der Waals surface area contributed by atoms with Crippen LogP contribution in [-0.4, -0.2) is 32.0 Å². The van der Waals surface area contributed by atoms with Gasteiger partial charge in [0, 0.05) is 7.11 Å². The van der Waals surface area contributed by atoms with E-state index in [4.69, 9.17) is 14.2 Å². The van der Waals surface area contributed by atoms with Crippen LogP contribution < -0.4 is 5.32 Å². The molecule has 104 valence electrons. The maximum absolute atomic E-state index is 11.3. The zero-order valence-corrected chi connectivity index (χ0v) is 10.9. The number of hydrogen-bond acceptors (Lipinski definition) is 5. The minimum Gasteiger partial charge on any atom is -0.445 e. The summed E-state index contributed by atoms with van der Waals surface area (Å²) in [6.07, 6.45) is -1.32. The highest BCUT2D eigenvalue weighted by atomic mass is 16.7. The number of methoxy groups -OCH3 is 1. The molecular weight excluding hydrogens is 250 g/mol. The standard InChI is InChI=1S/C13H17NO5/c1-10(17-2)19-12(15)8-14-13(16)18-9-11-6-4-3-5-7-11/h3-7,10H,8-9H2,1-2H3,(H,14,16). The van der Waals surface area contributed by atoms with E-state index in [0.29, 0.717) is 0 Å². The van der Waals surface area contributed by atoms with Crippen molar-refractivity contribution in [1.29, 1.82) is 0 Å². The number of nitrogens with one attached hydrogen (secondary N) is 1. The van der Waals surface area contributed by atoms with E-state index in [0.717, 1.165) is 5.56 Å². The van der Waals surface area contributed by atoms with E-state index in [9.17, 15) is 9.59 Å². The van der Waals surface area contributed by atoms with Crippen LogP contribution in [-0.2, 0) is 25.6 Å². The highest BCUT2D eigenvalue weighted by Crippen LogP contribution is 2.00. The second-order valence-electron chi connectivity index (χ2n) is 3.71. The van der Waals surface area contributed by atoms with Gasteiger partial charge in [-0.05, 0) is 12.5 Å². The maximum atomic E-state index is 11.3. The molecule has 1 atom stereocenters. The van der Waals surface area contributed by atoms with Gasteiger partial charge >= 0.3 is 12.1 Å². The summed E-state index contributed by atoms with van der Waals surface area (Å²) in [5, 5.41) is 2.29. The van der Waals surface area contributed by atoms with Crippen molar-refractivity contribution in [2.24, 2.45) is 0 Å². The largest absolute Gasteiger partial charge is 0.445 e. The van der Waals surface area contributed by atoms with Crippen LogP contribution in [0.3, 0.4) is 0 Å². The molecule has 0 heterocycles. The molecule has 6 heteroatoms. The zero-order chi connectivity index (χ0) is 14.1. The molecule has 1 aromatic carbocycles. The molecule has 0 aromatic heterocycles. The third kappa shape index (κ3) is 6.42. The van der Waals surface area contributed by atoms with Gasteiger partial charge in [-0.3, -0.25) is 4.79 Å². The number of benzene rings is 1. The van der Waals surface area contributed by atoms with E-state index in [-0.39, 0.29) is 13.2 Å². The van der Waals surface area contributed by atoms with Crippen LogP contribution in [0.1, 0.15) is 12.5 Å². The van der Waals surface area contributed by atoms with Crippen LogP contribution in [0.5, 0.6) is 0 Å². The molecule has 0 fully saturated rings. The third-order valence-electron chi connectivity index (χ3n) is 2.22. The lowest BCUT2D eigenvalue weighted by atomic mass is 10.2. The topological polar surface area (TPSA) is 73.9 Å². The van der Waals surface area contributed by atoms with E-state index in [1.54, 1.807) is 6.92 Å². The summed E-state index contributed by atoms with van der Waals surface area (Å²) < 4.78 is 14.4. The van der Waals surface area contributed by atoms with Gasteiger partial charge in [-0.2, -0.15) is 0 Å². The minimum atomic E-state index is -0.675. The Balaban J connectivity index is 2.19. The van der Waals surface area contributed by atoms with E-state index < -0.39 is 18.4 Å². The fraction of sp³-hybridized carbons (Fsp3) is 0.385. The number of carbonyl (C=O) groups is 2. The number of amides is 1. The molecule has 0 aliphatic rings. The molecule has 0 saturated carbocycles. The van der Waals surface area contributed by atoms with Crippen molar-refractivity contribution in [2.45, 2.75) is 19.8 Å². The van der Waals surface area contributed by atoms with Gasteiger partial charge in [0.25, 0.3) is 0 Å². The summed E-state index contributed by atoms with van der Waals surface area (Å²) in [4.78, 5) is 22.5. The van der Waals surface area contributed by atoms with E-state index in [1.807, 2.05) is 30.3 Å². The molecule has 1 rings (SSSR count). The van der Waals surface area contributed by atoms with Crippen LogP contribution in [0.15, 0.2) is 30.3 Å². The second kappa shape index (κ2) is 8.10. The Labute approximate surface area is 111 Å². The molecule has 1 aromatic rings. The molecule has 1 amide bonds. The first kappa shape index (κ1) is 15.0. The van der Waals surface area contributed by atoms with Crippen LogP contribution in [0.4, 0.5) is 4.79 Å². The molecule has 0 aliphatic carbocycles. The summed E-state index contributed by atoms with van der Waals surface area (Å²) >= 11 is 0. The van der Waals surface area contributed by atoms with Crippen molar-refractivity contribution in [3.8, 4) is 0 Å². The first-order valence-corrected chi connectivity index (χ1v) is 5.78. The summed E-state index contributed by atoms with van der Waals surface area (Å²) in [6.45, 7) is 1.46. The Morgan fingerprint density at radius 2 is 1.95 bits per heavy atom. The van der Waals surface area contributed by atoms with Crippen molar-refractivity contribution in [3.05, 3.63) is 35.9 Å². The lowest BCUT2D eigenvalue weighted by Gasteiger charge is -2.11. The first-order chi connectivity index (χ1) is 9.11. The quantitative estimate of drug-likeness (QED) is 0.623. The third-order valence-corrected chi connectivity index (χ3v) is 2.22. The average molecular weight is 267 g/mol. The van der Waals surface area contributed by atoms with Crippen molar-refractivity contribution in [1.82, 2.24) is 5.32 Å². The van der Waals surface area contributed by atoms with E-state index in [1.165, 1.54) is 7.11 Å². The van der Waals surface area contributed by atoms with Gasteiger partial charge in [0.15, 0.2) is 6.29 Å². The molecule has 0 radical (unpaired) electrons. The highest BCUT2D eigenvalue weighted by Gasteiger charge is 2.10. The molecule has 0 bridgehead atoms. The van der Waals surface area contributed by atoms with Crippen LogP contribution >= 0.6 is 0 Å². The van der Waals surface area contributed by atoms with Crippen LogP contribution in [0, 0.1) is 0 Å². The van der Waals surface area contributed by atoms with Crippen molar-refractivity contribution in [3.63, 3.8) is 0 Å². The summed E-state index contributed by atoms with van der Waals surface area (Å²) in [6, 6.07) is 9.24. The Kier molecular flexibility index (Phi) is 6.38. The number of alkyl carbamates (subject to hydrolysis) is 1. The molecule has 1 N–H and O–H groups in total. The summed E-state index contributed by atoms with van der Waals surface area (Å²) in [5.41, 5.74) is 0.869. The van der Waals surface area contributed by atoms with Crippen molar-refractivity contribution < 1.29 is 23.8 Å². The number of rotatable bonds is 6. The van der Waals surface area contributed by atoms with E-state index >= 15 is 0 Å². The average Bonchev–Trinajstić information content (AvgIpc) is 2.43. The SMILES string of the molecule is COC(C)OC(=O)CNC(=O)OCc1ccccc1. The number of hydrogen-bond donors (Lipinski definition) is 1. The smallest absolute Gasteiger partial charge is 0.407 e. The predicted octanol–water partition coefficient (Wildman–Crippen LogP) is 1.45. The molecule has 0 spiro atoms. The molecule has 0 saturated heterocycles. The van der Waals surface area contributed by atoms with Gasteiger partial charge in [-0.1, -0.05) is 30.3 Å². The predicted molar refractivity (Wildman–Crippen MR) is 67.2 cm³/mol. The number of carbonyl (C=O) groups excluding carboxylic acids is 2. The van der Waals surface area contributed by atoms with E-state index in [2.05, 4.69) is 5.32 Å². The summed E-state index contributed by atoms with van der Waals surface area (Å²) in [5.74, 6) is -0.592. The Bertz CT molecular complexity index is 407. The Morgan fingerprint density at radius 1 is 1.26 bits per heavy atom. The molecule has 19 heavy (non-hydrogen) atoms. The van der Waals surface area contributed by atoms with Gasteiger partial charge in [0.2, 0.25) is 0 Å². The second-order valence-corrected chi connectivity index (χ2v) is 3.71. The van der Waals surface area contributed by atoms with Gasteiger partial charge in [0.05, 0.1) is 0 Å². The summed E-state index contributed by atoms with van der Waals surface area (Å²) in [7, 11) is 1.42. The van der Waals surface area contributed by atoms with Gasteiger partial charge in [-0.15, -0.1) is 0 Å². The normalized spacial score (nSPS) is 11.5. The molecule has 6 nitrogen and oxygen atoms in total. The minimum absolute atomic E-state index is 0.149. The van der Waals surface area contributed by atoms with Gasteiger partial charge in [0.1, 0.15) is 13.2 Å². The fourth-order valence-corrected chi connectivity index (χ4v) is 1.19. The Hall–Kier alpha value is -2.08. The van der Waals surface area contributed by atoms with Crippen LogP contribution in [0.2, 0.25) is 0 Å². The van der Waals surface area contributed by atoms with Crippen molar-refractivity contribution >= 4 is 12.1 Å². The maximum Gasteiger partial charge on any atom is 0.407 e. The Morgan fingerprint density at radius 3 is 2.58 bits per heavy atom. The monoisotopic (exact) mass is 267 g/mol. The fourth-order valence-electron chi connectivity index (χ4n) is 1.19. The highest BCUT2D eigenvalue weighted by molar-refractivity contribution is 5.77. The van der Waals surface area contributed by atoms with Gasteiger partial charge < -0.3 is 19.5 Å². The van der Waals surface area contributed by atoms with Gasteiger partial charge in [-0.25, -0.2) is 4.79 Å². The van der Waals surface area contributed by atoms with Crippen molar-refractivity contribution in [2.75, 3.05) is 13.7 Å². The van der Waals surface area contributed by atoms with Crippen LogP contribution in [0.25, 0.3) is 0 Å².